The van der Waals surface area contributed by atoms with Gasteiger partial charge in [-0.15, -0.1) is 0 Å². The number of halogens is 3. The van der Waals surface area contributed by atoms with E-state index in [1.54, 1.807) is 13.0 Å². The van der Waals surface area contributed by atoms with Crippen molar-refractivity contribution in [2.75, 3.05) is 11.9 Å². The van der Waals surface area contributed by atoms with Crippen LogP contribution in [0.4, 0.5) is 19.0 Å². The van der Waals surface area contributed by atoms with E-state index in [1.807, 2.05) is 0 Å². The fourth-order valence-corrected chi connectivity index (χ4v) is 2.78. The lowest BCUT2D eigenvalue weighted by molar-refractivity contribution is -0.0913. The Balaban J connectivity index is 2.06. The van der Waals surface area contributed by atoms with Gasteiger partial charge in [0.2, 0.25) is 0 Å². The quantitative estimate of drug-likeness (QED) is 0.379. The Morgan fingerprint density at radius 1 is 1.28 bits per heavy atom. The fraction of sp³-hybridized carbons (Fsp3) is 0.182. The van der Waals surface area contributed by atoms with Crippen LogP contribution in [0.3, 0.4) is 0 Å². The molecule has 3 rings (SSSR count). The summed E-state index contributed by atoms with van der Waals surface area (Å²) in [6, 6.07) is 4.59. The van der Waals surface area contributed by atoms with Gasteiger partial charge in [-0.05, 0) is 32.1 Å². The highest BCUT2D eigenvalue weighted by molar-refractivity contribution is 6.09. The summed E-state index contributed by atoms with van der Waals surface area (Å²) in [6.45, 7) is 6.87. The summed E-state index contributed by atoms with van der Waals surface area (Å²) in [6.07, 6.45) is 0.615. The summed E-state index contributed by atoms with van der Waals surface area (Å²) in [5.41, 5.74) is 0.294. The molecule has 0 unspecified atom stereocenters. The number of allylic oxidation sites excluding steroid dienone is 4. The van der Waals surface area contributed by atoms with E-state index in [0.29, 0.717) is 28.4 Å². The number of carboxylic acids is 1. The molecule has 2 N–H and O–H groups in total. The highest BCUT2D eigenvalue weighted by atomic mass is 19.4. The number of nitrogens with one attached hydrogen (secondary N) is 1. The predicted molar refractivity (Wildman–Crippen MR) is 115 cm³/mol. The minimum atomic E-state index is -4.41. The van der Waals surface area contributed by atoms with E-state index in [9.17, 15) is 23.1 Å². The number of nitrogens with zero attached hydrogens (tertiary/aromatic N) is 3. The van der Waals surface area contributed by atoms with Crippen LogP contribution in [0.15, 0.2) is 60.5 Å². The molecule has 0 saturated heterocycles. The van der Waals surface area contributed by atoms with E-state index in [-0.39, 0.29) is 23.1 Å². The Bertz CT molecular complexity index is 1270. The molecule has 0 aliphatic carbocycles. The lowest BCUT2D eigenvalue weighted by atomic mass is 10.1. The number of alkyl halides is 3. The van der Waals surface area contributed by atoms with Crippen LogP contribution in [-0.2, 0) is 0 Å². The molecular formula is C22H19F3N4O3. The monoisotopic (exact) mass is 444 g/mol. The third kappa shape index (κ3) is 5.02. The lowest BCUT2D eigenvalue weighted by Gasteiger charge is -2.12. The van der Waals surface area contributed by atoms with Crippen LogP contribution in [-0.4, -0.2) is 38.8 Å². The molecule has 2 heterocycles. The summed E-state index contributed by atoms with van der Waals surface area (Å²) in [7, 11) is 0. The molecule has 32 heavy (non-hydrogen) atoms. The Hall–Kier alpha value is -3.95. The zero-order valence-corrected chi connectivity index (χ0v) is 17.2. The second-order valence-electron chi connectivity index (χ2n) is 6.70. The van der Waals surface area contributed by atoms with E-state index in [2.05, 4.69) is 26.8 Å². The molecule has 0 amide bonds. The second-order valence-corrected chi connectivity index (χ2v) is 6.70. The number of anilines is 1. The van der Waals surface area contributed by atoms with Crippen LogP contribution in [0.5, 0.6) is 6.01 Å². The predicted octanol–water partition coefficient (Wildman–Crippen LogP) is 5.27. The van der Waals surface area contributed by atoms with Crippen molar-refractivity contribution in [3.63, 3.8) is 0 Å². The number of pyridine rings is 1. The smallest absolute Gasteiger partial charge is 0.412 e. The summed E-state index contributed by atoms with van der Waals surface area (Å²) < 4.78 is 43.2. The molecule has 0 spiro atoms. The lowest BCUT2D eigenvalue weighted by Crippen LogP contribution is -2.08. The van der Waals surface area contributed by atoms with Crippen LogP contribution >= 0.6 is 0 Å². The minimum absolute atomic E-state index is 0.0497. The number of aromatic nitrogens is 3. The first-order valence-corrected chi connectivity index (χ1v) is 9.45. The highest BCUT2D eigenvalue weighted by Gasteiger charge is 2.29. The summed E-state index contributed by atoms with van der Waals surface area (Å²) in [4.78, 5) is 24.3. The van der Waals surface area contributed by atoms with Gasteiger partial charge in [-0.3, -0.25) is 0 Å². The molecule has 0 atom stereocenters. The van der Waals surface area contributed by atoms with Crippen molar-refractivity contribution in [1.82, 2.24) is 15.0 Å². The molecule has 0 bridgehead atoms. The maximum atomic E-state index is 12.6. The molecule has 3 aromatic rings. The van der Waals surface area contributed by atoms with Crippen molar-refractivity contribution in [3.8, 4) is 6.01 Å². The maximum Gasteiger partial charge on any atom is 0.412 e. The van der Waals surface area contributed by atoms with E-state index in [1.165, 1.54) is 30.5 Å². The number of rotatable bonds is 7. The van der Waals surface area contributed by atoms with Crippen LogP contribution in [0, 0.1) is 0 Å². The van der Waals surface area contributed by atoms with Crippen LogP contribution in [0.1, 0.15) is 24.2 Å². The van der Waals surface area contributed by atoms with Gasteiger partial charge in [-0.2, -0.15) is 18.2 Å². The SMILES string of the molecule is C=C(/C=C\C=C(/C)C(F)(F)F)Nc1nc2cc(C(=O)O)ccc2c2cnc(OCC)nc12. The Morgan fingerprint density at radius 3 is 2.69 bits per heavy atom. The fourth-order valence-electron chi connectivity index (χ4n) is 2.78. The van der Waals surface area contributed by atoms with Crippen molar-refractivity contribution in [3.05, 3.63) is 66.0 Å². The van der Waals surface area contributed by atoms with Crippen LogP contribution in [0.2, 0.25) is 0 Å². The van der Waals surface area contributed by atoms with Gasteiger partial charge < -0.3 is 15.2 Å². The van der Waals surface area contributed by atoms with Crippen molar-refractivity contribution in [2.24, 2.45) is 0 Å². The third-order valence-corrected chi connectivity index (χ3v) is 4.40. The van der Waals surface area contributed by atoms with Crippen molar-refractivity contribution in [2.45, 2.75) is 20.0 Å². The molecule has 1 aromatic carbocycles. The number of hydrogen-bond acceptors (Lipinski definition) is 6. The average molecular weight is 444 g/mol. The number of carboxylic acid groups (broad SMARTS) is 1. The molecule has 10 heteroatoms. The van der Waals surface area contributed by atoms with E-state index in [4.69, 9.17) is 4.74 Å². The van der Waals surface area contributed by atoms with Crippen LogP contribution < -0.4 is 10.1 Å². The average Bonchev–Trinajstić information content (AvgIpc) is 2.72. The van der Waals surface area contributed by atoms with Gasteiger partial charge in [0.1, 0.15) is 5.52 Å². The van der Waals surface area contributed by atoms with Gasteiger partial charge >= 0.3 is 18.2 Å². The molecule has 0 radical (unpaired) electrons. The number of fused-ring (bicyclic) bond motifs is 3. The molecule has 0 aliphatic heterocycles. The normalized spacial score (nSPS) is 12.5. The molecule has 7 nitrogen and oxygen atoms in total. The molecule has 0 saturated carbocycles. The topological polar surface area (TPSA) is 97.2 Å². The van der Waals surface area contributed by atoms with E-state index >= 15 is 0 Å². The van der Waals surface area contributed by atoms with Gasteiger partial charge in [0.15, 0.2) is 5.82 Å². The first-order chi connectivity index (χ1) is 15.1. The number of hydrogen-bond donors (Lipinski definition) is 2. The molecular weight excluding hydrogens is 425 g/mol. The molecule has 0 aliphatic rings. The largest absolute Gasteiger partial charge is 0.478 e. The van der Waals surface area contributed by atoms with Crippen molar-refractivity contribution in [1.29, 1.82) is 0 Å². The Morgan fingerprint density at radius 2 is 2.03 bits per heavy atom. The van der Waals surface area contributed by atoms with Gasteiger partial charge in [0.25, 0.3) is 0 Å². The van der Waals surface area contributed by atoms with Gasteiger partial charge in [0, 0.05) is 28.2 Å². The van der Waals surface area contributed by atoms with E-state index in [0.717, 1.165) is 13.0 Å². The second kappa shape index (κ2) is 9.04. The van der Waals surface area contributed by atoms with Gasteiger partial charge in [-0.25, -0.2) is 14.8 Å². The number of ether oxygens (including phenoxy) is 1. The summed E-state index contributed by atoms with van der Waals surface area (Å²) in [5, 5.41) is 13.4. The van der Waals surface area contributed by atoms with Gasteiger partial charge in [-0.1, -0.05) is 24.8 Å². The molecule has 166 valence electrons. The zero-order chi connectivity index (χ0) is 23.5. The maximum absolute atomic E-state index is 12.6. The molecule has 2 aromatic heterocycles. The third-order valence-electron chi connectivity index (χ3n) is 4.40. The van der Waals surface area contributed by atoms with E-state index < -0.39 is 17.7 Å². The number of aromatic carboxylic acids is 1. The minimum Gasteiger partial charge on any atom is -0.478 e. The van der Waals surface area contributed by atoms with Gasteiger partial charge in [0.05, 0.1) is 17.7 Å². The van der Waals surface area contributed by atoms with Crippen molar-refractivity contribution < 1.29 is 27.8 Å². The zero-order valence-electron chi connectivity index (χ0n) is 17.2. The van der Waals surface area contributed by atoms with Crippen molar-refractivity contribution >= 4 is 33.6 Å². The number of carbonyl (C=O) groups is 1. The number of benzene rings is 1. The van der Waals surface area contributed by atoms with Crippen LogP contribution in [0.25, 0.3) is 21.8 Å². The first-order valence-electron chi connectivity index (χ1n) is 9.45. The summed E-state index contributed by atoms with van der Waals surface area (Å²) >= 11 is 0. The standard InChI is InChI=1S/C22H19F3N4O3/c1-4-32-21-26-11-16-15-9-8-14(20(30)31)10-17(15)28-19(18(16)29-21)27-13(3)7-5-6-12(2)22(23,24)25/h5-11H,3-4H2,1-2H3,(H,27,28)(H,30,31)/b7-5-,12-6+. The Labute approximate surface area is 181 Å². The summed E-state index contributed by atoms with van der Waals surface area (Å²) in [5.74, 6) is -0.880. The first kappa shape index (κ1) is 22.7. The molecule has 0 fully saturated rings. The highest BCUT2D eigenvalue weighted by Crippen LogP contribution is 2.30. The Kier molecular flexibility index (Phi) is 6.42.